The van der Waals surface area contributed by atoms with Crippen LogP contribution < -0.4 is 0 Å². The van der Waals surface area contributed by atoms with Crippen molar-refractivity contribution >= 4 is 23.3 Å². The average Bonchev–Trinajstić information content (AvgIpc) is 3.18. The monoisotopic (exact) mass is 537 g/mol. The third-order valence-corrected chi connectivity index (χ3v) is 6.47. The van der Waals surface area contributed by atoms with Gasteiger partial charge in [-0.1, -0.05) is 53.6 Å². The van der Waals surface area contributed by atoms with Gasteiger partial charge in [0.2, 0.25) is 0 Å². The molecule has 8 heteroatoms. The number of halogens is 5. The summed E-state index contributed by atoms with van der Waals surface area (Å²) in [6.07, 6.45) is 7.41. The van der Waals surface area contributed by atoms with E-state index >= 15 is 0 Å². The SMILES string of the molecule is CN=CC1=NC(c2cccc(F)c2F)=N/C1=C/CCCC1=CCC=C(c2ccc(C)cc2C(F)(F)F)C(C)=C1. The summed E-state index contributed by atoms with van der Waals surface area (Å²) in [5.74, 6) is -1.88. The Bertz CT molecular complexity index is 1480. The van der Waals surface area contributed by atoms with Crippen molar-refractivity contribution in [2.75, 3.05) is 7.05 Å². The number of hydrogen-bond acceptors (Lipinski definition) is 3. The normalized spacial score (nSPS) is 17.1. The minimum absolute atomic E-state index is 0.0183. The van der Waals surface area contributed by atoms with Crippen LogP contribution in [0.25, 0.3) is 5.57 Å². The number of nitrogens with zero attached hydrogens (tertiary/aromatic N) is 3. The van der Waals surface area contributed by atoms with E-state index in [9.17, 15) is 22.0 Å². The van der Waals surface area contributed by atoms with Gasteiger partial charge in [-0.2, -0.15) is 13.2 Å². The molecule has 0 N–H and O–H groups in total. The van der Waals surface area contributed by atoms with Crippen molar-refractivity contribution in [3.8, 4) is 0 Å². The second kappa shape index (κ2) is 11.8. The molecular weight excluding hydrogens is 509 g/mol. The van der Waals surface area contributed by atoms with E-state index in [-0.39, 0.29) is 17.0 Å². The lowest BCUT2D eigenvalue weighted by Gasteiger charge is -2.17. The van der Waals surface area contributed by atoms with Crippen molar-refractivity contribution in [3.05, 3.63) is 111 Å². The van der Waals surface area contributed by atoms with Crippen LogP contribution in [-0.4, -0.2) is 24.8 Å². The minimum atomic E-state index is -4.44. The zero-order valence-corrected chi connectivity index (χ0v) is 21.9. The molecule has 0 atom stereocenters. The number of amidine groups is 1. The molecule has 1 aliphatic heterocycles. The van der Waals surface area contributed by atoms with Crippen LogP contribution in [0, 0.1) is 18.6 Å². The Morgan fingerprint density at radius 2 is 1.79 bits per heavy atom. The summed E-state index contributed by atoms with van der Waals surface area (Å²) in [5.41, 5.74) is 3.52. The van der Waals surface area contributed by atoms with E-state index in [1.165, 1.54) is 24.4 Å². The molecule has 1 aliphatic carbocycles. The summed E-state index contributed by atoms with van der Waals surface area (Å²) < 4.78 is 69.1. The summed E-state index contributed by atoms with van der Waals surface area (Å²) >= 11 is 0. The molecule has 0 unspecified atom stereocenters. The molecule has 0 saturated carbocycles. The van der Waals surface area contributed by atoms with Crippen molar-refractivity contribution in [1.82, 2.24) is 0 Å². The summed E-state index contributed by atoms with van der Waals surface area (Å²) in [6, 6.07) is 8.30. The Hall–Kier alpha value is -3.94. The maximum atomic E-state index is 14.3. The molecule has 3 nitrogen and oxygen atoms in total. The number of unbranched alkanes of at least 4 members (excludes halogenated alkanes) is 1. The fourth-order valence-corrected chi connectivity index (χ4v) is 4.61. The molecule has 2 aromatic carbocycles. The first-order valence-electron chi connectivity index (χ1n) is 12.6. The van der Waals surface area contributed by atoms with Crippen molar-refractivity contribution in [1.29, 1.82) is 0 Å². The lowest BCUT2D eigenvalue weighted by molar-refractivity contribution is -0.137. The summed E-state index contributed by atoms with van der Waals surface area (Å²) in [5, 5.41) is 0. The highest BCUT2D eigenvalue weighted by molar-refractivity contribution is 6.42. The molecule has 1 heterocycles. The number of allylic oxidation sites excluding steroid dienone is 8. The molecule has 0 bridgehead atoms. The molecule has 0 aromatic heterocycles. The molecule has 2 aromatic rings. The first-order valence-corrected chi connectivity index (χ1v) is 12.6. The molecule has 39 heavy (non-hydrogen) atoms. The fourth-order valence-electron chi connectivity index (χ4n) is 4.61. The van der Waals surface area contributed by atoms with Gasteiger partial charge in [0, 0.05) is 13.3 Å². The van der Waals surface area contributed by atoms with Gasteiger partial charge in [0.25, 0.3) is 0 Å². The number of aliphatic imine (C=N–C) groups is 3. The van der Waals surface area contributed by atoms with Gasteiger partial charge in [0.05, 0.1) is 16.8 Å². The van der Waals surface area contributed by atoms with Gasteiger partial charge in [-0.25, -0.2) is 18.8 Å². The van der Waals surface area contributed by atoms with Gasteiger partial charge < -0.3 is 0 Å². The Labute approximate surface area is 224 Å². The number of hydrogen-bond donors (Lipinski definition) is 0. The molecule has 0 radical (unpaired) electrons. The molecule has 0 amide bonds. The van der Waals surface area contributed by atoms with E-state index in [1.807, 2.05) is 31.2 Å². The van der Waals surface area contributed by atoms with E-state index in [2.05, 4.69) is 15.0 Å². The zero-order valence-electron chi connectivity index (χ0n) is 21.9. The van der Waals surface area contributed by atoms with Gasteiger partial charge in [-0.05, 0) is 74.4 Å². The van der Waals surface area contributed by atoms with Crippen LogP contribution in [0.15, 0.2) is 92.5 Å². The van der Waals surface area contributed by atoms with E-state index in [0.717, 1.165) is 23.6 Å². The van der Waals surface area contributed by atoms with Crippen LogP contribution >= 0.6 is 0 Å². The van der Waals surface area contributed by atoms with Crippen molar-refractivity contribution in [2.24, 2.45) is 15.0 Å². The molecule has 0 fully saturated rings. The Morgan fingerprint density at radius 3 is 2.54 bits per heavy atom. The third-order valence-electron chi connectivity index (χ3n) is 6.47. The van der Waals surface area contributed by atoms with Gasteiger partial charge in [0.15, 0.2) is 17.5 Å². The van der Waals surface area contributed by atoms with Crippen molar-refractivity contribution in [2.45, 2.75) is 45.7 Å². The molecular formula is C31H28F5N3. The lowest BCUT2D eigenvalue weighted by Crippen LogP contribution is -2.09. The second-order valence-corrected chi connectivity index (χ2v) is 9.41. The van der Waals surface area contributed by atoms with Gasteiger partial charge in [0.1, 0.15) is 5.71 Å². The topological polar surface area (TPSA) is 37.1 Å². The predicted octanol–water partition coefficient (Wildman–Crippen LogP) is 8.61. The fraction of sp³-hybridized carbons (Fsp3) is 0.258. The zero-order chi connectivity index (χ0) is 28.2. The standard InChI is InChI=1S/C31H28F5N3/c1-19-14-15-23(25(16-19)31(34,35)36)22-10-6-9-21(17-20(22)2)8-4-5-13-27-28(18-37-3)39-30(38-27)24-11-7-12-26(32)29(24)33/h7,9-18H,4-6,8H2,1-3H3/b27-13+,37-18?. The van der Waals surface area contributed by atoms with Crippen molar-refractivity contribution < 1.29 is 22.0 Å². The van der Waals surface area contributed by atoms with E-state index in [1.54, 1.807) is 26.1 Å². The number of benzene rings is 2. The van der Waals surface area contributed by atoms with Crippen molar-refractivity contribution in [3.63, 3.8) is 0 Å². The highest BCUT2D eigenvalue weighted by atomic mass is 19.4. The first-order chi connectivity index (χ1) is 18.6. The maximum absolute atomic E-state index is 14.3. The van der Waals surface area contributed by atoms with Gasteiger partial charge in [-0.15, -0.1) is 0 Å². The smallest absolute Gasteiger partial charge is 0.294 e. The van der Waals surface area contributed by atoms with Gasteiger partial charge in [-0.3, -0.25) is 4.99 Å². The van der Waals surface area contributed by atoms with Crippen LogP contribution in [0.1, 0.15) is 54.9 Å². The third kappa shape index (κ3) is 6.56. The lowest BCUT2D eigenvalue weighted by atomic mass is 9.92. The van der Waals surface area contributed by atoms with Crippen LogP contribution in [0.5, 0.6) is 0 Å². The van der Waals surface area contributed by atoms with E-state index < -0.39 is 23.4 Å². The Morgan fingerprint density at radius 1 is 1.00 bits per heavy atom. The number of aryl methyl sites for hydroxylation is 1. The number of rotatable bonds is 7. The molecule has 0 spiro atoms. The largest absolute Gasteiger partial charge is 0.417 e. The quantitative estimate of drug-likeness (QED) is 0.193. The Kier molecular flexibility index (Phi) is 8.53. The summed E-state index contributed by atoms with van der Waals surface area (Å²) in [6.45, 7) is 3.49. The van der Waals surface area contributed by atoms with E-state index in [0.29, 0.717) is 41.8 Å². The average molecular weight is 538 g/mol. The summed E-state index contributed by atoms with van der Waals surface area (Å²) in [4.78, 5) is 12.7. The molecule has 2 aliphatic rings. The van der Waals surface area contributed by atoms with Crippen LogP contribution in [0.2, 0.25) is 0 Å². The minimum Gasteiger partial charge on any atom is -0.294 e. The number of alkyl halides is 3. The molecule has 4 rings (SSSR count). The molecule has 0 saturated heterocycles. The highest BCUT2D eigenvalue weighted by Gasteiger charge is 2.34. The highest BCUT2D eigenvalue weighted by Crippen LogP contribution is 2.39. The van der Waals surface area contributed by atoms with Crippen LogP contribution in [0.3, 0.4) is 0 Å². The summed E-state index contributed by atoms with van der Waals surface area (Å²) in [7, 11) is 1.59. The second-order valence-electron chi connectivity index (χ2n) is 9.41. The van der Waals surface area contributed by atoms with Crippen LogP contribution in [-0.2, 0) is 6.18 Å². The van der Waals surface area contributed by atoms with Crippen LogP contribution in [0.4, 0.5) is 22.0 Å². The predicted molar refractivity (Wildman–Crippen MR) is 147 cm³/mol. The maximum Gasteiger partial charge on any atom is 0.417 e. The molecule has 202 valence electrons. The first kappa shape index (κ1) is 28.1. The van der Waals surface area contributed by atoms with E-state index in [4.69, 9.17) is 0 Å². The van der Waals surface area contributed by atoms with Gasteiger partial charge >= 0.3 is 6.18 Å². The Balaban J connectivity index is 1.46.